The Hall–Kier alpha value is -1.46. The number of urea groups is 1. The van der Waals surface area contributed by atoms with Crippen LogP contribution >= 0.6 is 23.2 Å². The summed E-state index contributed by atoms with van der Waals surface area (Å²) in [5.41, 5.74) is 0.478. The summed E-state index contributed by atoms with van der Waals surface area (Å²) in [6.07, 6.45) is 3.98. The van der Waals surface area contributed by atoms with Crippen LogP contribution in [0, 0.1) is 0 Å². The Morgan fingerprint density at radius 2 is 1.87 bits per heavy atom. The van der Waals surface area contributed by atoms with E-state index >= 15 is 0 Å². The second kappa shape index (κ2) is 11.1. The fourth-order valence-electron chi connectivity index (χ4n) is 1.94. The maximum absolute atomic E-state index is 11.7. The molecule has 1 rings (SSSR count). The SMILES string of the molecule is CCOC(=O)CCCCCCNC(=O)Nc1cc(Cl)ccc1Cl. The normalized spacial score (nSPS) is 10.2. The molecule has 0 spiro atoms. The van der Waals surface area contributed by atoms with Gasteiger partial charge >= 0.3 is 12.0 Å². The van der Waals surface area contributed by atoms with E-state index in [9.17, 15) is 9.59 Å². The minimum absolute atomic E-state index is 0.150. The van der Waals surface area contributed by atoms with Crippen LogP contribution in [0.4, 0.5) is 10.5 Å². The molecule has 0 aromatic heterocycles. The van der Waals surface area contributed by atoms with Crippen molar-refractivity contribution in [3.8, 4) is 0 Å². The fourth-order valence-corrected chi connectivity index (χ4v) is 2.28. The molecule has 0 aliphatic heterocycles. The van der Waals surface area contributed by atoms with Crippen LogP contribution in [0.15, 0.2) is 18.2 Å². The summed E-state index contributed by atoms with van der Waals surface area (Å²) in [7, 11) is 0. The molecule has 23 heavy (non-hydrogen) atoms. The molecule has 0 fully saturated rings. The monoisotopic (exact) mass is 360 g/mol. The molecule has 2 amide bonds. The average molecular weight is 361 g/mol. The molecule has 0 aliphatic carbocycles. The highest BCUT2D eigenvalue weighted by molar-refractivity contribution is 6.35. The minimum Gasteiger partial charge on any atom is -0.466 e. The van der Waals surface area contributed by atoms with E-state index in [1.54, 1.807) is 25.1 Å². The van der Waals surface area contributed by atoms with Gasteiger partial charge in [0.15, 0.2) is 0 Å². The summed E-state index contributed by atoms with van der Waals surface area (Å²) in [4.78, 5) is 22.9. The molecule has 0 heterocycles. The number of hydrogen-bond donors (Lipinski definition) is 2. The lowest BCUT2D eigenvalue weighted by atomic mass is 10.1. The third kappa shape index (κ3) is 8.67. The second-order valence-corrected chi connectivity index (χ2v) is 5.82. The molecule has 0 atom stereocenters. The van der Waals surface area contributed by atoms with Crippen molar-refractivity contribution in [2.24, 2.45) is 0 Å². The predicted octanol–water partition coefficient (Wildman–Crippen LogP) is 4.63. The Labute approximate surface area is 146 Å². The summed E-state index contributed by atoms with van der Waals surface area (Å²) < 4.78 is 4.85. The van der Waals surface area contributed by atoms with Crippen molar-refractivity contribution in [1.29, 1.82) is 0 Å². The first kappa shape index (κ1) is 19.6. The number of ether oxygens (including phenoxy) is 1. The number of nitrogens with one attached hydrogen (secondary N) is 2. The zero-order valence-electron chi connectivity index (χ0n) is 13.2. The van der Waals surface area contributed by atoms with E-state index in [4.69, 9.17) is 27.9 Å². The van der Waals surface area contributed by atoms with Gasteiger partial charge in [-0.3, -0.25) is 4.79 Å². The van der Waals surface area contributed by atoms with E-state index in [0.29, 0.717) is 35.3 Å². The number of rotatable bonds is 9. The number of halogens is 2. The van der Waals surface area contributed by atoms with E-state index < -0.39 is 0 Å². The van der Waals surface area contributed by atoms with E-state index in [-0.39, 0.29) is 12.0 Å². The smallest absolute Gasteiger partial charge is 0.319 e. The summed E-state index contributed by atoms with van der Waals surface area (Å²) in [5, 5.41) is 6.35. The van der Waals surface area contributed by atoms with Crippen molar-refractivity contribution < 1.29 is 14.3 Å². The molecule has 0 aliphatic rings. The molecule has 1 aromatic rings. The van der Waals surface area contributed by atoms with E-state index in [1.165, 1.54) is 0 Å². The van der Waals surface area contributed by atoms with Gasteiger partial charge < -0.3 is 15.4 Å². The third-order valence-corrected chi connectivity index (χ3v) is 3.64. The van der Waals surface area contributed by atoms with Crippen LogP contribution in [0.5, 0.6) is 0 Å². The van der Waals surface area contributed by atoms with Gasteiger partial charge in [-0.1, -0.05) is 36.0 Å². The van der Waals surface area contributed by atoms with Gasteiger partial charge in [-0.25, -0.2) is 4.79 Å². The van der Waals surface area contributed by atoms with Gasteiger partial charge in [-0.2, -0.15) is 0 Å². The number of carbonyl (C=O) groups is 2. The van der Waals surface area contributed by atoms with Gasteiger partial charge in [0.25, 0.3) is 0 Å². The van der Waals surface area contributed by atoms with Crippen LogP contribution < -0.4 is 10.6 Å². The third-order valence-electron chi connectivity index (χ3n) is 3.08. The van der Waals surface area contributed by atoms with E-state index in [0.717, 1.165) is 25.7 Å². The minimum atomic E-state index is -0.319. The lowest BCUT2D eigenvalue weighted by molar-refractivity contribution is -0.143. The van der Waals surface area contributed by atoms with Gasteiger partial charge in [-0.15, -0.1) is 0 Å². The maximum Gasteiger partial charge on any atom is 0.319 e. The summed E-state index contributed by atoms with van der Waals surface area (Å²) in [6.45, 7) is 2.78. The van der Waals surface area contributed by atoms with Gasteiger partial charge in [-0.05, 0) is 38.0 Å². The van der Waals surface area contributed by atoms with Crippen molar-refractivity contribution in [3.05, 3.63) is 28.2 Å². The summed E-state index contributed by atoms with van der Waals surface area (Å²) >= 11 is 11.8. The van der Waals surface area contributed by atoms with Crippen LogP contribution in [0.3, 0.4) is 0 Å². The van der Waals surface area contributed by atoms with Gasteiger partial charge in [0.05, 0.1) is 17.3 Å². The van der Waals surface area contributed by atoms with Crippen LogP contribution in [-0.4, -0.2) is 25.2 Å². The molecule has 1 aromatic carbocycles. The molecule has 7 heteroatoms. The fraction of sp³-hybridized carbons (Fsp3) is 0.500. The topological polar surface area (TPSA) is 67.4 Å². The highest BCUT2D eigenvalue weighted by Gasteiger charge is 2.06. The lowest BCUT2D eigenvalue weighted by Crippen LogP contribution is -2.29. The number of hydrogen-bond acceptors (Lipinski definition) is 3. The standard InChI is InChI=1S/C16H22Cl2N2O3/c1-2-23-15(21)7-5-3-4-6-10-19-16(22)20-14-11-12(17)8-9-13(14)18/h8-9,11H,2-7,10H2,1H3,(H2,19,20,22). The van der Waals surface area contributed by atoms with Crippen LogP contribution in [-0.2, 0) is 9.53 Å². The molecule has 5 nitrogen and oxygen atoms in total. The molecule has 0 unspecified atom stereocenters. The lowest BCUT2D eigenvalue weighted by Gasteiger charge is -2.09. The van der Waals surface area contributed by atoms with Gasteiger partial charge in [0.1, 0.15) is 0 Å². The van der Waals surface area contributed by atoms with Crippen molar-refractivity contribution >= 4 is 40.9 Å². The molecule has 2 N–H and O–H groups in total. The molecule has 128 valence electrons. The van der Waals surface area contributed by atoms with Crippen LogP contribution in [0.1, 0.15) is 39.0 Å². The van der Waals surface area contributed by atoms with Crippen molar-refractivity contribution in [2.75, 3.05) is 18.5 Å². The molecular weight excluding hydrogens is 339 g/mol. The molecule has 0 bridgehead atoms. The van der Waals surface area contributed by atoms with Crippen molar-refractivity contribution in [3.63, 3.8) is 0 Å². The Balaban J connectivity index is 2.10. The van der Waals surface area contributed by atoms with Gasteiger partial charge in [0.2, 0.25) is 0 Å². The molecule has 0 saturated heterocycles. The number of amides is 2. The summed E-state index contributed by atoms with van der Waals surface area (Å²) in [6, 6.07) is 4.56. The Bertz CT molecular complexity index is 524. The number of carbonyl (C=O) groups excluding carboxylic acids is 2. The Kier molecular flexibility index (Phi) is 9.48. The number of unbranched alkanes of at least 4 members (excludes halogenated alkanes) is 3. The van der Waals surface area contributed by atoms with Crippen molar-refractivity contribution in [2.45, 2.75) is 39.0 Å². The Morgan fingerprint density at radius 3 is 2.61 bits per heavy atom. The van der Waals surface area contributed by atoms with Crippen LogP contribution in [0.2, 0.25) is 10.0 Å². The predicted molar refractivity (Wildman–Crippen MR) is 93.2 cm³/mol. The average Bonchev–Trinajstić information content (AvgIpc) is 2.50. The largest absolute Gasteiger partial charge is 0.466 e. The Morgan fingerprint density at radius 1 is 1.13 bits per heavy atom. The quantitative estimate of drug-likeness (QED) is 0.498. The summed E-state index contributed by atoms with van der Waals surface area (Å²) in [5.74, 6) is -0.150. The zero-order chi connectivity index (χ0) is 17.1. The first-order valence-electron chi connectivity index (χ1n) is 7.68. The van der Waals surface area contributed by atoms with Gasteiger partial charge in [0, 0.05) is 18.0 Å². The number of benzene rings is 1. The zero-order valence-corrected chi connectivity index (χ0v) is 14.7. The number of anilines is 1. The first-order valence-corrected chi connectivity index (χ1v) is 8.44. The highest BCUT2D eigenvalue weighted by atomic mass is 35.5. The van der Waals surface area contributed by atoms with E-state index in [2.05, 4.69) is 10.6 Å². The van der Waals surface area contributed by atoms with Crippen LogP contribution in [0.25, 0.3) is 0 Å². The number of esters is 1. The van der Waals surface area contributed by atoms with E-state index in [1.807, 2.05) is 0 Å². The second-order valence-electron chi connectivity index (χ2n) is 4.97. The molecule has 0 radical (unpaired) electrons. The molecular formula is C16H22Cl2N2O3. The molecule has 0 saturated carbocycles. The first-order chi connectivity index (χ1) is 11.0. The maximum atomic E-state index is 11.7. The highest BCUT2D eigenvalue weighted by Crippen LogP contribution is 2.25. The van der Waals surface area contributed by atoms with Crippen molar-refractivity contribution in [1.82, 2.24) is 5.32 Å².